The zero-order chi connectivity index (χ0) is 10.9. The van der Waals surface area contributed by atoms with Crippen LogP contribution in [0.3, 0.4) is 0 Å². The van der Waals surface area contributed by atoms with Gasteiger partial charge < -0.3 is 10.2 Å². The van der Waals surface area contributed by atoms with E-state index in [0.29, 0.717) is 0 Å². The van der Waals surface area contributed by atoms with E-state index in [0.717, 1.165) is 0 Å². The molecule has 0 saturated heterocycles. The van der Waals surface area contributed by atoms with Crippen molar-refractivity contribution in [3.8, 4) is 0 Å². The van der Waals surface area contributed by atoms with Crippen molar-refractivity contribution < 1.29 is 27.3 Å². The van der Waals surface area contributed by atoms with Gasteiger partial charge in [0.2, 0.25) is 0 Å². The van der Waals surface area contributed by atoms with Gasteiger partial charge in [0.15, 0.2) is 0 Å². The summed E-state index contributed by atoms with van der Waals surface area (Å²) in [5, 5.41) is 20.4. The van der Waals surface area contributed by atoms with Gasteiger partial charge in [0.1, 0.15) is 0 Å². The molecule has 0 amide bonds. The van der Waals surface area contributed by atoms with Gasteiger partial charge in [0.25, 0.3) is 0 Å². The summed E-state index contributed by atoms with van der Waals surface area (Å²) in [6.07, 6.45) is -0.595. The maximum atomic E-state index is 8.94. The van der Waals surface area contributed by atoms with Crippen LogP contribution in [0.5, 0.6) is 0 Å². The van der Waals surface area contributed by atoms with Crippen LogP contribution >= 0.6 is 0 Å². The van der Waals surface area contributed by atoms with Gasteiger partial charge in [-0.25, -0.2) is 0 Å². The van der Waals surface area contributed by atoms with Gasteiger partial charge in [-0.2, -0.15) is 0 Å². The van der Waals surface area contributed by atoms with E-state index < -0.39 is 6.10 Å². The summed E-state index contributed by atoms with van der Waals surface area (Å²) in [6, 6.07) is 0. The van der Waals surface area contributed by atoms with Crippen molar-refractivity contribution >= 4 is 0 Å². The summed E-state index contributed by atoms with van der Waals surface area (Å²) < 4.78 is 0. The van der Waals surface area contributed by atoms with E-state index in [2.05, 4.69) is 13.8 Å². The first-order chi connectivity index (χ1) is 5.90. The first-order valence-electron chi connectivity index (χ1n) is 5.19. The molecule has 0 spiro atoms. The number of aliphatic hydroxyl groups is 2. The fraction of sp³-hybridized carbons (Fsp3) is 1.00. The van der Waals surface area contributed by atoms with Gasteiger partial charge in [-0.1, -0.05) is 20.8 Å². The van der Waals surface area contributed by atoms with Crippen LogP contribution in [0.4, 0.5) is 0 Å². The van der Waals surface area contributed by atoms with E-state index >= 15 is 0 Å². The molecule has 0 aromatic carbocycles. The van der Waals surface area contributed by atoms with Crippen molar-refractivity contribution in [2.75, 3.05) is 6.61 Å². The quantitative estimate of drug-likeness (QED) is 0.745. The molecule has 0 aromatic rings. The van der Waals surface area contributed by atoms with Crippen LogP contribution in [0.1, 0.15) is 34.6 Å². The Morgan fingerprint density at radius 1 is 1.15 bits per heavy atom. The summed E-state index contributed by atoms with van der Waals surface area (Å²) >= 11 is 0.0972. The Labute approximate surface area is 90.3 Å². The third-order valence-electron chi connectivity index (χ3n) is 1.88. The molecule has 0 aliphatic heterocycles. The van der Waals surface area contributed by atoms with Crippen molar-refractivity contribution in [3.05, 3.63) is 0 Å². The Balaban J connectivity index is 0. The molecular weight excluding hydrogens is 217 g/mol. The Bertz CT molecular complexity index is 97.6. The maximum absolute atomic E-state index is 8.94. The molecule has 0 aliphatic carbocycles. The van der Waals surface area contributed by atoms with Crippen LogP contribution in [-0.2, 0) is 17.1 Å². The van der Waals surface area contributed by atoms with Gasteiger partial charge in [-0.3, -0.25) is 0 Å². The van der Waals surface area contributed by atoms with Crippen molar-refractivity contribution in [2.24, 2.45) is 5.41 Å². The SMILES string of the molecule is CC(C)(C)[C@@H](O)CO.C[CH2][Zn][CH2]C. The zero-order valence-electron chi connectivity index (χ0n) is 9.80. The number of aliphatic hydroxyl groups excluding tert-OH is 2. The Kier molecular flexibility index (Phi) is 11.2. The normalized spacial score (nSPS) is 12.5. The third-order valence-corrected chi connectivity index (χ3v) is 4.85. The molecule has 2 nitrogen and oxygen atoms in total. The minimum absolute atomic E-state index is 0.0972. The van der Waals surface area contributed by atoms with Gasteiger partial charge >= 0.3 is 41.0 Å². The summed E-state index contributed by atoms with van der Waals surface area (Å²) in [5.74, 6) is 0. The second-order valence-corrected chi connectivity index (χ2v) is 10.1. The van der Waals surface area contributed by atoms with E-state index in [1.165, 1.54) is 10.0 Å². The van der Waals surface area contributed by atoms with E-state index in [1.54, 1.807) is 0 Å². The van der Waals surface area contributed by atoms with Gasteiger partial charge in [0.05, 0.1) is 12.7 Å². The molecule has 3 heteroatoms. The van der Waals surface area contributed by atoms with Crippen molar-refractivity contribution in [1.82, 2.24) is 0 Å². The molecule has 0 aromatic heterocycles. The molecule has 0 heterocycles. The summed E-state index contributed by atoms with van der Waals surface area (Å²) in [7, 11) is 0. The average molecular weight is 242 g/mol. The molecule has 0 radical (unpaired) electrons. The molecule has 78 valence electrons. The Morgan fingerprint density at radius 3 is 1.54 bits per heavy atom. The van der Waals surface area contributed by atoms with E-state index in [4.69, 9.17) is 10.2 Å². The first-order valence-corrected chi connectivity index (χ1v) is 9.38. The number of hydrogen-bond acceptors (Lipinski definition) is 2. The topological polar surface area (TPSA) is 40.5 Å². The van der Waals surface area contributed by atoms with E-state index in [1.807, 2.05) is 20.8 Å². The number of rotatable bonds is 3. The third kappa shape index (κ3) is 12.5. The molecule has 0 bridgehead atoms. The second kappa shape index (κ2) is 9.11. The van der Waals surface area contributed by atoms with Gasteiger partial charge in [0, 0.05) is 0 Å². The van der Waals surface area contributed by atoms with Crippen LogP contribution in [-0.4, -0.2) is 22.9 Å². The van der Waals surface area contributed by atoms with Crippen LogP contribution in [0.15, 0.2) is 0 Å². The number of hydrogen-bond donors (Lipinski definition) is 2. The second-order valence-electron chi connectivity index (χ2n) is 4.42. The van der Waals surface area contributed by atoms with Crippen molar-refractivity contribution in [2.45, 2.75) is 50.8 Å². The van der Waals surface area contributed by atoms with Crippen LogP contribution < -0.4 is 0 Å². The van der Waals surface area contributed by atoms with Gasteiger partial charge in [-0.05, 0) is 5.41 Å². The average Bonchev–Trinajstić information content (AvgIpc) is 2.04. The first kappa shape index (κ1) is 16.0. The molecular formula is C10H24O2Zn. The van der Waals surface area contributed by atoms with E-state index in [-0.39, 0.29) is 29.1 Å². The standard InChI is InChI=1S/C6H14O2.2C2H5.Zn/c1-6(2,3)5(8)4-7;2*1-2;/h5,7-8H,4H2,1-3H3;2*1H2,2H3;/t5-;;;/m0.../s1. The van der Waals surface area contributed by atoms with Crippen molar-refractivity contribution in [1.29, 1.82) is 0 Å². The van der Waals surface area contributed by atoms with Crippen LogP contribution in [0, 0.1) is 5.41 Å². The Morgan fingerprint density at radius 2 is 1.54 bits per heavy atom. The molecule has 1 atom stereocenters. The zero-order valence-corrected chi connectivity index (χ0v) is 12.8. The molecule has 0 fully saturated rings. The molecule has 2 N–H and O–H groups in total. The van der Waals surface area contributed by atoms with Crippen LogP contribution in [0.2, 0.25) is 10.0 Å². The minimum atomic E-state index is -0.595. The summed E-state index contributed by atoms with van der Waals surface area (Å²) in [4.78, 5) is 0. The van der Waals surface area contributed by atoms with Crippen molar-refractivity contribution in [3.63, 3.8) is 0 Å². The summed E-state index contributed by atoms with van der Waals surface area (Å²) in [6.45, 7) is 10.1. The fourth-order valence-electron chi connectivity index (χ4n) is 0.627. The predicted octanol–water partition coefficient (Wildman–Crippen LogP) is 2.33. The summed E-state index contributed by atoms with van der Waals surface area (Å²) in [5.41, 5.74) is -0.186. The molecule has 13 heavy (non-hydrogen) atoms. The predicted molar refractivity (Wildman–Crippen MR) is 53.5 cm³/mol. The van der Waals surface area contributed by atoms with Crippen LogP contribution in [0.25, 0.3) is 0 Å². The fourth-order valence-corrected chi connectivity index (χ4v) is 2.11. The molecule has 0 saturated carbocycles. The monoisotopic (exact) mass is 240 g/mol. The Hall–Kier alpha value is 0.543. The molecule has 0 rings (SSSR count). The molecule has 0 aliphatic rings. The molecule has 0 unspecified atom stereocenters. The van der Waals surface area contributed by atoms with E-state index in [9.17, 15) is 0 Å². The van der Waals surface area contributed by atoms with Gasteiger partial charge in [-0.15, -0.1) is 0 Å².